The lowest BCUT2D eigenvalue weighted by Gasteiger charge is -2.16. The minimum Gasteiger partial charge on any atom is -0.423 e. The molecule has 0 saturated carbocycles. The summed E-state index contributed by atoms with van der Waals surface area (Å²) in [7, 11) is 0. The van der Waals surface area contributed by atoms with Gasteiger partial charge in [0, 0.05) is 11.5 Å². The minimum atomic E-state index is -0.550. The Hall–Kier alpha value is -3.15. The van der Waals surface area contributed by atoms with Crippen molar-refractivity contribution in [2.24, 2.45) is 0 Å². The van der Waals surface area contributed by atoms with Crippen LogP contribution in [-0.4, -0.2) is 16.7 Å². The van der Waals surface area contributed by atoms with Crippen LogP contribution in [0.1, 0.15) is 26.3 Å². The zero-order valence-electron chi connectivity index (χ0n) is 14.7. The number of nitrogens with zero attached hydrogens (tertiary/aromatic N) is 1. The summed E-state index contributed by atoms with van der Waals surface area (Å²) in [6.45, 7) is -0.0717. The fourth-order valence-corrected chi connectivity index (χ4v) is 4.07. The van der Waals surface area contributed by atoms with Crippen molar-refractivity contribution in [3.8, 4) is 0 Å². The van der Waals surface area contributed by atoms with Crippen LogP contribution in [0.4, 0.5) is 0 Å². The summed E-state index contributed by atoms with van der Waals surface area (Å²) in [6.07, 6.45) is 0. The first-order chi connectivity index (χ1) is 13.9. The van der Waals surface area contributed by atoms with Crippen molar-refractivity contribution in [2.45, 2.75) is 6.54 Å². The van der Waals surface area contributed by atoms with Gasteiger partial charge in [0.2, 0.25) is 0 Å². The third-order valence-electron chi connectivity index (χ3n) is 5.05. The molecule has 1 aliphatic rings. The zero-order chi connectivity index (χ0) is 20.3. The largest absolute Gasteiger partial charge is 0.423 e. The SMILES string of the molecule is O=C1c2cc(Cl)c(Cl)cc2C(=O)N1Cc1cc(=O)oc2ccc3ccccc3c12. The topological polar surface area (TPSA) is 67.6 Å². The highest BCUT2D eigenvalue weighted by Gasteiger charge is 2.36. The summed E-state index contributed by atoms with van der Waals surface area (Å²) < 4.78 is 5.34. The second-order valence-electron chi connectivity index (χ2n) is 6.76. The van der Waals surface area contributed by atoms with E-state index in [0.29, 0.717) is 16.5 Å². The van der Waals surface area contributed by atoms with E-state index in [4.69, 9.17) is 27.6 Å². The molecule has 0 fully saturated rings. The molecule has 0 N–H and O–H groups in total. The van der Waals surface area contributed by atoms with Gasteiger partial charge in [0.25, 0.3) is 11.8 Å². The average molecular weight is 424 g/mol. The number of halogens is 2. The molecule has 1 aromatic heterocycles. The summed E-state index contributed by atoms with van der Waals surface area (Å²) in [5.74, 6) is -0.963. The highest BCUT2D eigenvalue weighted by molar-refractivity contribution is 6.43. The van der Waals surface area contributed by atoms with Gasteiger partial charge in [0.05, 0.1) is 27.7 Å². The molecule has 3 aromatic carbocycles. The third kappa shape index (κ3) is 2.74. The molecule has 4 aromatic rings. The van der Waals surface area contributed by atoms with Crippen LogP contribution >= 0.6 is 23.2 Å². The predicted molar refractivity (Wildman–Crippen MR) is 111 cm³/mol. The average Bonchev–Trinajstić information content (AvgIpc) is 2.92. The van der Waals surface area contributed by atoms with E-state index in [-0.39, 0.29) is 27.7 Å². The molecule has 0 bridgehead atoms. The maximum absolute atomic E-state index is 12.9. The number of benzene rings is 3. The maximum atomic E-state index is 12.9. The third-order valence-corrected chi connectivity index (χ3v) is 5.78. The normalized spacial score (nSPS) is 13.5. The number of imide groups is 1. The lowest BCUT2D eigenvalue weighted by atomic mass is 10.0. The first kappa shape index (κ1) is 17.9. The number of carbonyl (C=O) groups is 2. The van der Waals surface area contributed by atoms with E-state index < -0.39 is 17.4 Å². The Labute approximate surface area is 174 Å². The summed E-state index contributed by atoms with van der Waals surface area (Å²) >= 11 is 12.0. The molecule has 5 nitrogen and oxygen atoms in total. The number of rotatable bonds is 2. The van der Waals surface area contributed by atoms with Gasteiger partial charge in [0.15, 0.2) is 0 Å². The molecule has 0 saturated heterocycles. The standard InChI is InChI=1S/C22H11Cl2NO4/c23-16-8-14-15(9-17(16)24)22(28)25(21(14)27)10-12-7-19(26)29-18-6-5-11-3-1-2-4-13(11)20(12)18/h1-9H,10H2. The fourth-order valence-electron chi connectivity index (χ4n) is 3.74. The van der Waals surface area contributed by atoms with Gasteiger partial charge >= 0.3 is 5.63 Å². The van der Waals surface area contributed by atoms with Crippen LogP contribution in [0.5, 0.6) is 0 Å². The lowest BCUT2D eigenvalue weighted by molar-refractivity contribution is 0.0642. The molecule has 0 aliphatic carbocycles. The Morgan fingerprint density at radius 3 is 2.17 bits per heavy atom. The van der Waals surface area contributed by atoms with Crippen LogP contribution < -0.4 is 5.63 Å². The first-order valence-electron chi connectivity index (χ1n) is 8.74. The number of hydrogen-bond donors (Lipinski definition) is 0. The van der Waals surface area contributed by atoms with E-state index in [0.717, 1.165) is 15.7 Å². The second-order valence-corrected chi connectivity index (χ2v) is 7.57. The van der Waals surface area contributed by atoms with E-state index in [9.17, 15) is 14.4 Å². The van der Waals surface area contributed by atoms with Crippen molar-refractivity contribution in [1.29, 1.82) is 0 Å². The van der Waals surface area contributed by atoms with Gasteiger partial charge in [-0.15, -0.1) is 0 Å². The molecular weight excluding hydrogens is 413 g/mol. The van der Waals surface area contributed by atoms with Gasteiger partial charge in [-0.05, 0) is 34.5 Å². The molecular formula is C22H11Cl2NO4. The highest BCUT2D eigenvalue weighted by Crippen LogP contribution is 2.34. The Kier molecular flexibility index (Phi) is 3.98. The summed E-state index contributed by atoms with van der Waals surface area (Å²) in [4.78, 5) is 38.9. The first-order valence-corrected chi connectivity index (χ1v) is 9.49. The van der Waals surface area contributed by atoms with Crippen LogP contribution in [0.2, 0.25) is 10.0 Å². The molecule has 142 valence electrons. The number of fused-ring (bicyclic) bond motifs is 4. The van der Waals surface area contributed by atoms with Gasteiger partial charge in [-0.25, -0.2) is 4.79 Å². The molecule has 1 aliphatic heterocycles. The Morgan fingerprint density at radius 1 is 0.828 bits per heavy atom. The van der Waals surface area contributed by atoms with Crippen LogP contribution in [0.25, 0.3) is 21.7 Å². The number of carbonyl (C=O) groups excluding carboxylic acids is 2. The Bertz CT molecular complexity index is 1380. The lowest BCUT2D eigenvalue weighted by Crippen LogP contribution is -2.29. The Morgan fingerprint density at radius 2 is 1.48 bits per heavy atom. The van der Waals surface area contributed by atoms with E-state index in [1.54, 1.807) is 6.07 Å². The van der Waals surface area contributed by atoms with Crippen molar-refractivity contribution in [2.75, 3.05) is 0 Å². The number of hydrogen-bond acceptors (Lipinski definition) is 4. The van der Waals surface area contributed by atoms with Crippen LogP contribution in [0.3, 0.4) is 0 Å². The molecule has 2 amide bonds. The van der Waals surface area contributed by atoms with Gasteiger partial charge in [0.1, 0.15) is 5.58 Å². The van der Waals surface area contributed by atoms with Crippen molar-refractivity contribution in [1.82, 2.24) is 4.90 Å². The highest BCUT2D eigenvalue weighted by atomic mass is 35.5. The summed E-state index contributed by atoms with van der Waals surface area (Å²) in [5, 5.41) is 2.91. The molecule has 0 atom stereocenters. The van der Waals surface area contributed by atoms with Crippen molar-refractivity contribution >= 4 is 56.8 Å². The molecule has 0 unspecified atom stereocenters. The molecule has 7 heteroatoms. The Balaban J connectivity index is 1.68. The zero-order valence-corrected chi connectivity index (χ0v) is 16.3. The smallest absolute Gasteiger partial charge is 0.336 e. The van der Waals surface area contributed by atoms with E-state index in [1.807, 2.05) is 30.3 Å². The van der Waals surface area contributed by atoms with Gasteiger partial charge in [-0.3, -0.25) is 14.5 Å². The fraction of sp³-hybridized carbons (Fsp3) is 0.0455. The minimum absolute atomic E-state index is 0.0717. The van der Waals surface area contributed by atoms with Gasteiger partial charge < -0.3 is 4.42 Å². The quantitative estimate of drug-likeness (QED) is 0.257. The van der Waals surface area contributed by atoms with Gasteiger partial charge in [-0.1, -0.05) is 53.5 Å². The number of amides is 2. The van der Waals surface area contributed by atoms with Crippen molar-refractivity contribution in [3.05, 3.63) is 91.8 Å². The maximum Gasteiger partial charge on any atom is 0.336 e. The molecule has 0 spiro atoms. The predicted octanol–water partition coefficient (Wildman–Crippen LogP) is 5.05. The van der Waals surface area contributed by atoms with Crippen molar-refractivity contribution < 1.29 is 14.0 Å². The second kappa shape index (κ2) is 6.44. The molecule has 5 rings (SSSR count). The molecule has 0 radical (unpaired) electrons. The van der Waals surface area contributed by atoms with Crippen LogP contribution in [0, 0.1) is 0 Å². The van der Waals surface area contributed by atoms with Gasteiger partial charge in [-0.2, -0.15) is 0 Å². The summed E-state index contributed by atoms with van der Waals surface area (Å²) in [5.41, 5.74) is 0.766. The molecule has 2 heterocycles. The monoisotopic (exact) mass is 423 g/mol. The van der Waals surface area contributed by atoms with E-state index >= 15 is 0 Å². The van der Waals surface area contributed by atoms with Crippen molar-refractivity contribution in [3.63, 3.8) is 0 Å². The van der Waals surface area contributed by atoms with Crippen LogP contribution in [-0.2, 0) is 6.54 Å². The van der Waals surface area contributed by atoms with E-state index in [1.165, 1.54) is 18.2 Å². The van der Waals surface area contributed by atoms with E-state index in [2.05, 4.69) is 0 Å². The molecule has 29 heavy (non-hydrogen) atoms. The van der Waals surface area contributed by atoms with Crippen LogP contribution in [0.15, 0.2) is 63.8 Å². The summed E-state index contributed by atoms with van der Waals surface area (Å²) in [6, 6.07) is 15.3.